The Kier molecular flexibility index (Phi) is 6.70. The van der Waals surface area contributed by atoms with Crippen LogP contribution in [0.15, 0.2) is 0 Å². The number of unbranched alkanes of at least 4 members (excludes halogenated alkanes) is 2. The highest BCUT2D eigenvalue weighted by atomic mass is 16.3. The summed E-state index contributed by atoms with van der Waals surface area (Å²) in [6.45, 7) is 6.79. The van der Waals surface area contributed by atoms with Crippen LogP contribution in [0.1, 0.15) is 97.8 Å². The Morgan fingerprint density at radius 1 is 0.778 bits per heavy atom. The number of aliphatic hydroxyl groups is 1. The van der Waals surface area contributed by atoms with Gasteiger partial charge in [0.15, 0.2) is 0 Å². The first-order valence-corrected chi connectivity index (χ1v) is 8.36. The molecule has 1 saturated carbocycles. The number of hydrogen-bond acceptors (Lipinski definition) is 1. The fourth-order valence-corrected chi connectivity index (χ4v) is 4.07. The lowest BCUT2D eigenvalue weighted by molar-refractivity contribution is -0.131. The highest BCUT2D eigenvalue weighted by molar-refractivity contribution is 5.01. The average molecular weight is 254 g/mol. The van der Waals surface area contributed by atoms with Gasteiger partial charge in [0.05, 0.1) is 5.60 Å². The lowest BCUT2D eigenvalue weighted by Crippen LogP contribution is -2.50. The molecule has 1 fully saturated rings. The molecule has 0 aliphatic heterocycles. The summed E-state index contributed by atoms with van der Waals surface area (Å²) in [6.07, 6.45) is 14.6. The van der Waals surface area contributed by atoms with E-state index in [1.807, 2.05) is 0 Å². The summed E-state index contributed by atoms with van der Waals surface area (Å²) in [4.78, 5) is 0. The molecular formula is C17H34O. The monoisotopic (exact) mass is 254 g/mol. The molecule has 1 heteroatoms. The Hall–Kier alpha value is -0.0400. The Morgan fingerprint density at radius 2 is 1.39 bits per heavy atom. The molecule has 2 atom stereocenters. The van der Waals surface area contributed by atoms with Crippen LogP contribution >= 0.6 is 0 Å². The zero-order valence-electron chi connectivity index (χ0n) is 12.9. The first kappa shape index (κ1) is 16.0. The van der Waals surface area contributed by atoms with Gasteiger partial charge in [-0.15, -0.1) is 0 Å². The second kappa shape index (κ2) is 7.53. The quantitative estimate of drug-likeness (QED) is 0.610. The van der Waals surface area contributed by atoms with Crippen molar-refractivity contribution in [2.75, 3.05) is 0 Å². The molecule has 1 aliphatic rings. The Labute approximate surface area is 114 Å². The van der Waals surface area contributed by atoms with E-state index in [0.717, 1.165) is 12.8 Å². The molecule has 0 bridgehead atoms. The van der Waals surface area contributed by atoms with E-state index in [9.17, 15) is 5.11 Å². The normalized spacial score (nSPS) is 32.7. The maximum atomic E-state index is 11.3. The van der Waals surface area contributed by atoms with Gasteiger partial charge in [-0.1, -0.05) is 65.7 Å². The van der Waals surface area contributed by atoms with E-state index in [2.05, 4.69) is 20.8 Å². The van der Waals surface area contributed by atoms with Gasteiger partial charge in [-0.25, -0.2) is 0 Å². The molecule has 1 N–H and O–H groups in total. The molecule has 0 aromatic heterocycles. The summed E-state index contributed by atoms with van der Waals surface area (Å²) in [7, 11) is 0. The molecule has 18 heavy (non-hydrogen) atoms. The molecule has 0 amide bonds. The molecular weight excluding hydrogens is 220 g/mol. The van der Waals surface area contributed by atoms with Crippen LogP contribution in [0.4, 0.5) is 0 Å². The molecule has 0 heterocycles. The van der Waals surface area contributed by atoms with E-state index in [1.54, 1.807) is 0 Å². The second-order valence-electron chi connectivity index (χ2n) is 6.48. The van der Waals surface area contributed by atoms with Crippen molar-refractivity contribution in [2.24, 2.45) is 5.41 Å². The van der Waals surface area contributed by atoms with Crippen LogP contribution in [0, 0.1) is 5.41 Å². The van der Waals surface area contributed by atoms with E-state index in [4.69, 9.17) is 0 Å². The Bertz CT molecular complexity index is 222. The maximum absolute atomic E-state index is 11.3. The van der Waals surface area contributed by atoms with E-state index < -0.39 is 0 Å². The molecule has 1 aliphatic carbocycles. The fraction of sp³-hybridized carbons (Fsp3) is 1.00. The topological polar surface area (TPSA) is 20.2 Å². The standard InChI is InChI=1S/C17H34O/c1-4-7-12-16(11-6-3)13-9-10-15-17(16,18)14-8-5-2/h18H,4-15H2,1-3H3. The summed E-state index contributed by atoms with van der Waals surface area (Å²) < 4.78 is 0. The first-order valence-electron chi connectivity index (χ1n) is 8.36. The predicted octanol–water partition coefficient (Wildman–Crippen LogP) is 5.46. The third kappa shape index (κ3) is 3.50. The van der Waals surface area contributed by atoms with Gasteiger partial charge in [0.1, 0.15) is 0 Å². The van der Waals surface area contributed by atoms with Crippen LogP contribution in [-0.4, -0.2) is 10.7 Å². The molecule has 0 spiro atoms. The van der Waals surface area contributed by atoms with E-state index in [1.165, 1.54) is 64.2 Å². The lowest BCUT2D eigenvalue weighted by atomic mass is 9.57. The fourth-order valence-electron chi connectivity index (χ4n) is 4.07. The van der Waals surface area contributed by atoms with Gasteiger partial charge in [-0.05, 0) is 37.5 Å². The van der Waals surface area contributed by atoms with Gasteiger partial charge < -0.3 is 5.11 Å². The Balaban J connectivity index is 2.84. The van der Waals surface area contributed by atoms with Crippen molar-refractivity contribution in [1.82, 2.24) is 0 Å². The van der Waals surface area contributed by atoms with Gasteiger partial charge in [-0.2, -0.15) is 0 Å². The van der Waals surface area contributed by atoms with Gasteiger partial charge in [0, 0.05) is 0 Å². The third-order valence-electron chi connectivity index (χ3n) is 5.16. The summed E-state index contributed by atoms with van der Waals surface area (Å²) in [5.74, 6) is 0. The van der Waals surface area contributed by atoms with E-state index in [0.29, 0.717) is 0 Å². The van der Waals surface area contributed by atoms with Gasteiger partial charge >= 0.3 is 0 Å². The molecule has 1 nitrogen and oxygen atoms in total. The second-order valence-corrected chi connectivity index (χ2v) is 6.48. The van der Waals surface area contributed by atoms with Crippen molar-refractivity contribution in [3.8, 4) is 0 Å². The van der Waals surface area contributed by atoms with Gasteiger partial charge in [-0.3, -0.25) is 0 Å². The van der Waals surface area contributed by atoms with Crippen LogP contribution in [0.5, 0.6) is 0 Å². The van der Waals surface area contributed by atoms with Crippen molar-refractivity contribution < 1.29 is 5.11 Å². The average Bonchev–Trinajstić information content (AvgIpc) is 2.38. The summed E-state index contributed by atoms with van der Waals surface area (Å²) in [6, 6.07) is 0. The van der Waals surface area contributed by atoms with Crippen molar-refractivity contribution in [3.05, 3.63) is 0 Å². The minimum absolute atomic E-state index is 0.241. The van der Waals surface area contributed by atoms with Gasteiger partial charge in [0.2, 0.25) is 0 Å². The molecule has 1 rings (SSSR count). The smallest absolute Gasteiger partial charge is 0.0703 e. The van der Waals surface area contributed by atoms with Crippen molar-refractivity contribution in [3.63, 3.8) is 0 Å². The third-order valence-corrected chi connectivity index (χ3v) is 5.16. The molecule has 0 radical (unpaired) electrons. The number of rotatable bonds is 8. The highest BCUT2D eigenvalue weighted by Crippen LogP contribution is 2.53. The van der Waals surface area contributed by atoms with Crippen molar-refractivity contribution in [1.29, 1.82) is 0 Å². The maximum Gasteiger partial charge on any atom is 0.0703 e. The number of hydrogen-bond donors (Lipinski definition) is 1. The van der Waals surface area contributed by atoms with E-state index in [-0.39, 0.29) is 11.0 Å². The van der Waals surface area contributed by atoms with Crippen LogP contribution in [0.2, 0.25) is 0 Å². The van der Waals surface area contributed by atoms with Crippen LogP contribution in [0.25, 0.3) is 0 Å². The zero-order valence-corrected chi connectivity index (χ0v) is 12.9. The predicted molar refractivity (Wildman–Crippen MR) is 79.8 cm³/mol. The van der Waals surface area contributed by atoms with Crippen LogP contribution in [0.3, 0.4) is 0 Å². The minimum Gasteiger partial charge on any atom is -0.389 e. The lowest BCUT2D eigenvalue weighted by Gasteiger charge is -2.51. The first-order chi connectivity index (χ1) is 8.64. The molecule has 2 unspecified atom stereocenters. The van der Waals surface area contributed by atoms with Gasteiger partial charge in [0.25, 0.3) is 0 Å². The highest BCUT2D eigenvalue weighted by Gasteiger charge is 2.49. The molecule has 0 aromatic carbocycles. The summed E-state index contributed by atoms with van der Waals surface area (Å²) in [5.41, 5.74) is -0.113. The summed E-state index contributed by atoms with van der Waals surface area (Å²) >= 11 is 0. The Morgan fingerprint density at radius 3 is 2.00 bits per heavy atom. The van der Waals surface area contributed by atoms with Crippen molar-refractivity contribution in [2.45, 2.75) is 103 Å². The van der Waals surface area contributed by atoms with E-state index >= 15 is 0 Å². The minimum atomic E-state index is -0.355. The zero-order chi connectivity index (χ0) is 13.5. The molecule has 108 valence electrons. The molecule has 0 aromatic rings. The summed E-state index contributed by atoms with van der Waals surface area (Å²) in [5, 5.41) is 11.3. The van der Waals surface area contributed by atoms with Crippen LogP contribution < -0.4 is 0 Å². The SMILES string of the molecule is CCCCC1(O)CCCCC1(CCC)CCCC. The van der Waals surface area contributed by atoms with Crippen LogP contribution in [-0.2, 0) is 0 Å². The largest absolute Gasteiger partial charge is 0.389 e. The van der Waals surface area contributed by atoms with Crippen molar-refractivity contribution >= 4 is 0 Å². The molecule has 0 saturated heterocycles.